The molecule has 0 aromatic heterocycles. The average molecular weight is 191 g/mol. The molecular formula is C13H19O. The van der Waals surface area contributed by atoms with Crippen molar-refractivity contribution in [2.24, 2.45) is 0 Å². The minimum absolute atomic E-state index is 0.566. The van der Waals surface area contributed by atoms with Crippen LogP contribution >= 0.6 is 0 Å². The lowest BCUT2D eigenvalue weighted by molar-refractivity contribution is 0.308. The van der Waals surface area contributed by atoms with E-state index in [-0.39, 0.29) is 0 Å². The normalized spacial score (nSPS) is 10.6. The quantitative estimate of drug-likeness (QED) is 0.643. The van der Waals surface area contributed by atoms with Crippen LogP contribution in [0.5, 0.6) is 5.75 Å². The van der Waals surface area contributed by atoms with Crippen LogP contribution in [0.3, 0.4) is 0 Å². The van der Waals surface area contributed by atoms with Gasteiger partial charge in [0.05, 0.1) is 6.61 Å². The molecule has 0 N–H and O–H groups in total. The maximum absolute atomic E-state index is 5.53. The van der Waals surface area contributed by atoms with Gasteiger partial charge in [-0.05, 0) is 30.0 Å². The summed E-state index contributed by atoms with van der Waals surface area (Å²) in [5.74, 6) is 1.43. The zero-order valence-electron chi connectivity index (χ0n) is 9.34. The summed E-state index contributed by atoms with van der Waals surface area (Å²) in [6.45, 7) is 7.32. The predicted molar refractivity (Wildman–Crippen MR) is 59.8 cm³/mol. The van der Waals surface area contributed by atoms with Crippen LogP contribution in [-0.4, -0.2) is 6.61 Å². The molecule has 77 valence electrons. The Morgan fingerprint density at radius 2 is 2.14 bits per heavy atom. The fourth-order valence-electron chi connectivity index (χ4n) is 1.20. The second kappa shape index (κ2) is 5.69. The lowest BCUT2D eigenvalue weighted by atomic mass is 10.0. The first-order valence-corrected chi connectivity index (χ1v) is 5.38. The summed E-state index contributed by atoms with van der Waals surface area (Å²) >= 11 is 0. The molecule has 1 heteroatoms. The van der Waals surface area contributed by atoms with Gasteiger partial charge in [0, 0.05) is 6.07 Å². The molecular weight excluding hydrogens is 172 g/mol. The Bertz CT molecular complexity index is 248. The van der Waals surface area contributed by atoms with Crippen molar-refractivity contribution in [3.63, 3.8) is 0 Å². The molecule has 1 radical (unpaired) electrons. The van der Waals surface area contributed by atoms with E-state index in [1.807, 2.05) is 12.1 Å². The first-order chi connectivity index (χ1) is 6.74. The van der Waals surface area contributed by atoms with Gasteiger partial charge in [0.2, 0.25) is 0 Å². The fourth-order valence-corrected chi connectivity index (χ4v) is 1.20. The van der Waals surface area contributed by atoms with E-state index in [9.17, 15) is 0 Å². The number of hydrogen-bond donors (Lipinski definition) is 0. The maximum atomic E-state index is 5.53. The Morgan fingerprint density at radius 3 is 2.64 bits per heavy atom. The maximum Gasteiger partial charge on any atom is 0.127 e. The van der Waals surface area contributed by atoms with Crippen LogP contribution < -0.4 is 4.74 Å². The minimum Gasteiger partial charge on any atom is -0.493 e. The molecule has 1 nitrogen and oxygen atoms in total. The van der Waals surface area contributed by atoms with E-state index in [0.29, 0.717) is 5.92 Å². The summed E-state index contributed by atoms with van der Waals surface area (Å²) < 4.78 is 5.53. The summed E-state index contributed by atoms with van der Waals surface area (Å²) in [6, 6.07) is 9.29. The highest BCUT2D eigenvalue weighted by Gasteiger charge is 1.99. The average Bonchev–Trinajstić information content (AvgIpc) is 2.19. The van der Waals surface area contributed by atoms with Gasteiger partial charge < -0.3 is 4.74 Å². The summed E-state index contributed by atoms with van der Waals surface area (Å²) in [4.78, 5) is 0. The molecule has 0 bridgehead atoms. The van der Waals surface area contributed by atoms with Gasteiger partial charge >= 0.3 is 0 Å². The molecule has 0 unspecified atom stereocenters. The van der Waals surface area contributed by atoms with Crippen LogP contribution in [0.1, 0.15) is 45.1 Å². The molecule has 0 atom stereocenters. The first-order valence-electron chi connectivity index (χ1n) is 5.38. The third-order valence-electron chi connectivity index (χ3n) is 2.23. The van der Waals surface area contributed by atoms with Crippen molar-refractivity contribution in [3.8, 4) is 5.75 Å². The van der Waals surface area contributed by atoms with Crippen molar-refractivity contribution in [1.82, 2.24) is 0 Å². The molecule has 0 fully saturated rings. The van der Waals surface area contributed by atoms with Gasteiger partial charge in [-0.15, -0.1) is 0 Å². The molecule has 0 spiro atoms. The number of ether oxygens (including phenoxy) is 1. The third-order valence-corrected chi connectivity index (χ3v) is 2.23. The second-order valence-corrected chi connectivity index (χ2v) is 3.84. The van der Waals surface area contributed by atoms with Gasteiger partial charge in [-0.1, -0.05) is 33.3 Å². The number of rotatable bonds is 5. The van der Waals surface area contributed by atoms with Gasteiger partial charge in [-0.25, -0.2) is 0 Å². The van der Waals surface area contributed by atoms with Crippen LogP contribution in [0.4, 0.5) is 0 Å². The lowest BCUT2D eigenvalue weighted by Gasteiger charge is -2.07. The van der Waals surface area contributed by atoms with E-state index in [1.165, 1.54) is 12.0 Å². The van der Waals surface area contributed by atoms with E-state index in [4.69, 9.17) is 4.74 Å². The SMILES string of the molecule is CCCCOc1[c]cc(C(C)C)cc1. The van der Waals surface area contributed by atoms with Crippen molar-refractivity contribution in [2.75, 3.05) is 6.61 Å². The standard InChI is InChI=1S/C13H19O/c1-4-5-10-14-13-8-6-12(7-9-13)11(2)3/h6-8,11H,4-5,10H2,1-3H3. The highest BCUT2D eigenvalue weighted by molar-refractivity contribution is 5.27. The van der Waals surface area contributed by atoms with Crippen molar-refractivity contribution in [1.29, 1.82) is 0 Å². The van der Waals surface area contributed by atoms with Gasteiger partial charge in [-0.3, -0.25) is 0 Å². The van der Waals surface area contributed by atoms with Crippen LogP contribution in [0, 0.1) is 6.07 Å². The lowest BCUT2D eigenvalue weighted by Crippen LogP contribution is -1.96. The Balaban J connectivity index is 2.47. The highest BCUT2D eigenvalue weighted by atomic mass is 16.5. The molecule has 1 aromatic carbocycles. The molecule has 0 saturated carbocycles. The molecule has 1 rings (SSSR count). The molecule has 0 aliphatic heterocycles. The summed E-state index contributed by atoms with van der Waals surface area (Å²) in [5, 5.41) is 0. The predicted octanol–water partition coefficient (Wildman–Crippen LogP) is 3.79. The van der Waals surface area contributed by atoms with Crippen LogP contribution in [0.15, 0.2) is 18.2 Å². The molecule has 0 aliphatic carbocycles. The molecule has 0 aliphatic rings. The Labute approximate surface area is 87.1 Å². The van der Waals surface area contributed by atoms with Crippen LogP contribution in [0.2, 0.25) is 0 Å². The Morgan fingerprint density at radius 1 is 1.36 bits per heavy atom. The second-order valence-electron chi connectivity index (χ2n) is 3.84. The third kappa shape index (κ3) is 3.41. The topological polar surface area (TPSA) is 9.23 Å². The number of unbranched alkanes of at least 4 members (excludes halogenated alkanes) is 1. The molecule has 0 amide bonds. The van der Waals surface area contributed by atoms with E-state index in [1.54, 1.807) is 0 Å². The molecule has 0 heterocycles. The molecule has 0 saturated heterocycles. The minimum atomic E-state index is 0.566. The largest absolute Gasteiger partial charge is 0.493 e. The van der Waals surface area contributed by atoms with Crippen molar-refractivity contribution < 1.29 is 4.74 Å². The van der Waals surface area contributed by atoms with Crippen molar-refractivity contribution in [2.45, 2.75) is 39.5 Å². The van der Waals surface area contributed by atoms with E-state index in [0.717, 1.165) is 18.8 Å². The smallest absolute Gasteiger partial charge is 0.127 e. The van der Waals surface area contributed by atoms with Crippen molar-refractivity contribution >= 4 is 0 Å². The Hall–Kier alpha value is -0.980. The number of benzene rings is 1. The first kappa shape index (κ1) is 11.1. The fraction of sp³-hybridized carbons (Fsp3) is 0.538. The number of hydrogen-bond acceptors (Lipinski definition) is 1. The zero-order valence-corrected chi connectivity index (χ0v) is 9.34. The highest BCUT2D eigenvalue weighted by Crippen LogP contribution is 2.17. The van der Waals surface area contributed by atoms with Crippen molar-refractivity contribution in [3.05, 3.63) is 29.8 Å². The van der Waals surface area contributed by atoms with E-state index < -0.39 is 0 Å². The summed E-state index contributed by atoms with van der Waals surface area (Å²) in [7, 11) is 0. The van der Waals surface area contributed by atoms with Gasteiger partial charge in [0.15, 0.2) is 0 Å². The van der Waals surface area contributed by atoms with Gasteiger partial charge in [-0.2, -0.15) is 0 Å². The summed E-state index contributed by atoms with van der Waals surface area (Å²) in [6.07, 6.45) is 2.28. The van der Waals surface area contributed by atoms with Crippen LogP contribution in [0.25, 0.3) is 0 Å². The summed E-state index contributed by atoms with van der Waals surface area (Å²) in [5.41, 5.74) is 1.31. The molecule has 1 aromatic rings. The monoisotopic (exact) mass is 191 g/mol. The van der Waals surface area contributed by atoms with Crippen LogP contribution in [-0.2, 0) is 0 Å². The van der Waals surface area contributed by atoms with E-state index in [2.05, 4.69) is 32.9 Å². The van der Waals surface area contributed by atoms with Gasteiger partial charge in [0.25, 0.3) is 0 Å². The Kier molecular flexibility index (Phi) is 4.51. The molecule has 14 heavy (non-hydrogen) atoms. The van der Waals surface area contributed by atoms with E-state index >= 15 is 0 Å². The van der Waals surface area contributed by atoms with Gasteiger partial charge in [0.1, 0.15) is 5.75 Å². The zero-order chi connectivity index (χ0) is 10.4.